The molecule has 4 nitrogen and oxygen atoms in total. The molecule has 1 saturated carbocycles. The lowest BCUT2D eigenvalue weighted by atomic mass is 9.65. The number of fused-ring (bicyclic) bond motifs is 2. The molecule has 0 spiro atoms. The first-order valence-corrected chi connectivity index (χ1v) is 9.42. The lowest BCUT2D eigenvalue weighted by Gasteiger charge is -2.39. The van der Waals surface area contributed by atoms with Gasteiger partial charge in [0.25, 0.3) is 5.91 Å². The summed E-state index contributed by atoms with van der Waals surface area (Å²) in [7, 11) is 0. The number of likely N-dealkylation sites (tertiary alicyclic amines) is 1. The predicted molar refractivity (Wildman–Crippen MR) is 98.7 cm³/mol. The molecule has 2 heterocycles. The minimum Gasteiger partial charge on any atom is -0.382 e. The number of benzene rings is 1. The van der Waals surface area contributed by atoms with Crippen molar-refractivity contribution in [2.75, 3.05) is 6.54 Å². The van der Waals surface area contributed by atoms with Crippen molar-refractivity contribution in [1.82, 2.24) is 4.90 Å². The van der Waals surface area contributed by atoms with E-state index < -0.39 is 6.10 Å². The molecule has 25 heavy (non-hydrogen) atoms. The van der Waals surface area contributed by atoms with Crippen LogP contribution in [0.25, 0.3) is 0 Å². The lowest BCUT2D eigenvalue weighted by molar-refractivity contribution is -0.143. The fourth-order valence-corrected chi connectivity index (χ4v) is 5.35. The number of oxime groups is 1. The van der Waals surface area contributed by atoms with Crippen LogP contribution in [-0.2, 0) is 9.63 Å². The van der Waals surface area contributed by atoms with Gasteiger partial charge in [-0.05, 0) is 47.8 Å². The molecular formula is C20H25ClN2O2. The van der Waals surface area contributed by atoms with Crippen LogP contribution in [0.4, 0.5) is 0 Å². The summed E-state index contributed by atoms with van der Waals surface area (Å²) in [6, 6.07) is 7.85. The Kier molecular flexibility index (Phi) is 3.87. The Hall–Kier alpha value is -1.55. The van der Waals surface area contributed by atoms with Gasteiger partial charge in [-0.15, -0.1) is 0 Å². The summed E-state index contributed by atoms with van der Waals surface area (Å²) in [6.07, 6.45) is 3.41. The smallest absolute Gasteiger partial charge is 0.267 e. The van der Waals surface area contributed by atoms with Crippen LogP contribution in [0.15, 0.2) is 29.4 Å². The molecule has 4 rings (SSSR count). The van der Waals surface area contributed by atoms with E-state index in [0.29, 0.717) is 22.9 Å². The molecular weight excluding hydrogens is 336 g/mol. The third-order valence-electron chi connectivity index (χ3n) is 5.82. The first kappa shape index (κ1) is 16.9. The van der Waals surface area contributed by atoms with Gasteiger partial charge in [0.2, 0.25) is 6.10 Å². The van der Waals surface area contributed by atoms with Gasteiger partial charge >= 0.3 is 0 Å². The zero-order valence-corrected chi connectivity index (χ0v) is 15.8. The van der Waals surface area contributed by atoms with Crippen LogP contribution in [0, 0.1) is 10.8 Å². The van der Waals surface area contributed by atoms with Crippen LogP contribution < -0.4 is 0 Å². The van der Waals surface area contributed by atoms with Crippen molar-refractivity contribution in [3.05, 3.63) is 34.9 Å². The summed E-state index contributed by atoms with van der Waals surface area (Å²) in [5.74, 6) is 0.0964. The SMILES string of the molecule is CC1(C)C[C@H]2C[C@@](C)(CN2C(=O)[C@@H]2CC(c3ccc(Cl)cc3)=NO2)C1. The van der Waals surface area contributed by atoms with Crippen molar-refractivity contribution in [1.29, 1.82) is 0 Å². The highest BCUT2D eigenvalue weighted by molar-refractivity contribution is 6.30. The number of hydrogen-bond donors (Lipinski definition) is 0. The number of carbonyl (C=O) groups excluding carboxylic acids is 1. The normalized spacial score (nSPS) is 33.1. The summed E-state index contributed by atoms with van der Waals surface area (Å²) in [5, 5.41) is 4.86. The fourth-order valence-electron chi connectivity index (χ4n) is 5.23. The van der Waals surface area contributed by atoms with E-state index in [1.165, 1.54) is 6.42 Å². The monoisotopic (exact) mass is 360 g/mol. The number of nitrogens with zero attached hydrogens (tertiary/aromatic N) is 2. The van der Waals surface area contributed by atoms with E-state index in [2.05, 4.69) is 30.8 Å². The average Bonchev–Trinajstić information content (AvgIpc) is 3.09. The van der Waals surface area contributed by atoms with Gasteiger partial charge in [-0.1, -0.05) is 49.7 Å². The molecule has 1 aliphatic carbocycles. The van der Waals surface area contributed by atoms with E-state index in [1.54, 1.807) is 0 Å². The van der Waals surface area contributed by atoms with Gasteiger partial charge in [-0.3, -0.25) is 4.79 Å². The molecule has 1 aromatic carbocycles. The van der Waals surface area contributed by atoms with Gasteiger partial charge in [0, 0.05) is 24.0 Å². The molecule has 134 valence electrons. The Morgan fingerprint density at radius 3 is 2.68 bits per heavy atom. The van der Waals surface area contributed by atoms with Crippen molar-refractivity contribution >= 4 is 23.2 Å². The number of halogens is 1. The molecule has 3 atom stereocenters. The summed E-state index contributed by atoms with van der Waals surface area (Å²) in [5.41, 5.74) is 2.33. The fraction of sp³-hybridized carbons (Fsp3) is 0.600. The van der Waals surface area contributed by atoms with Crippen molar-refractivity contribution in [3.8, 4) is 0 Å². The second kappa shape index (κ2) is 5.73. The number of amides is 1. The molecule has 2 aliphatic heterocycles. The third kappa shape index (κ3) is 3.17. The van der Waals surface area contributed by atoms with Gasteiger partial charge in [0.15, 0.2) is 0 Å². The minimum atomic E-state index is -0.489. The maximum atomic E-state index is 13.1. The van der Waals surface area contributed by atoms with Crippen molar-refractivity contribution in [3.63, 3.8) is 0 Å². The Morgan fingerprint density at radius 2 is 1.96 bits per heavy atom. The lowest BCUT2D eigenvalue weighted by Crippen LogP contribution is -2.43. The second-order valence-corrected chi connectivity index (χ2v) is 9.46. The molecule has 1 amide bonds. The molecule has 0 N–H and O–H groups in total. The van der Waals surface area contributed by atoms with Gasteiger partial charge in [0.05, 0.1) is 5.71 Å². The third-order valence-corrected chi connectivity index (χ3v) is 6.07. The Balaban J connectivity index is 1.46. The summed E-state index contributed by atoms with van der Waals surface area (Å²) in [4.78, 5) is 20.7. The number of carbonyl (C=O) groups is 1. The zero-order chi connectivity index (χ0) is 17.8. The van der Waals surface area contributed by atoms with E-state index in [-0.39, 0.29) is 11.3 Å². The topological polar surface area (TPSA) is 41.9 Å². The molecule has 0 radical (unpaired) electrons. The predicted octanol–water partition coefficient (Wildman–Crippen LogP) is 4.26. The summed E-state index contributed by atoms with van der Waals surface area (Å²) in [6.45, 7) is 7.80. The van der Waals surface area contributed by atoms with Crippen LogP contribution in [0.3, 0.4) is 0 Å². The number of rotatable bonds is 2. The molecule has 5 heteroatoms. The Morgan fingerprint density at radius 1 is 1.24 bits per heavy atom. The molecule has 0 aromatic heterocycles. The van der Waals surface area contributed by atoms with Crippen LogP contribution in [0.5, 0.6) is 0 Å². The maximum absolute atomic E-state index is 13.1. The van der Waals surface area contributed by atoms with Crippen LogP contribution in [0.2, 0.25) is 5.02 Å². The molecule has 3 aliphatic rings. The highest BCUT2D eigenvalue weighted by Crippen LogP contribution is 2.52. The number of hydrogen-bond acceptors (Lipinski definition) is 3. The van der Waals surface area contributed by atoms with Crippen LogP contribution >= 0.6 is 11.6 Å². The van der Waals surface area contributed by atoms with Gasteiger partial charge in [-0.2, -0.15) is 0 Å². The van der Waals surface area contributed by atoms with Gasteiger partial charge < -0.3 is 9.74 Å². The molecule has 2 bridgehead atoms. The standard InChI is InChI=1S/C20H25ClN2O2/c1-19(2)9-15-10-20(3,11-19)12-23(15)18(24)17-8-16(22-25-17)13-4-6-14(21)7-5-13/h4-7,15,17H,8-12H2,1-3H3/t15-,17-,20+/m0/s1. The highest BCUT2D eigenvalue weighted by Gasteiger charge is 2.52. The highest BCUT2D eigenvalue weighted by atomic mass is 35.5. The van der Waals surface area contributed by atoms with E-state index >= 15 is 0 Å². The minimum absolute atomic E-state index is 0.0964. The van der Waals surface area contributed by atoms with Crippen LogP contribution in [0.1, 0.15) is 52.0 Å². The van der Waals surface area contributed by atoms with Crippen molar-refractivity contribution in [2.24, 2.45) is 16.0 Å². The van der Waals surface area contributed by atoms with Crippen LogP contribution in [-0.4, -0.2) is 35.2 Å². The van der Waals surface area contributed by atoms with Gasteiger partial charge in [-0.25, -0.2) is 0 Å². The maximum Gasteiger partial charge on any atom is 0.267 e. The van der Waals surface area contributed by atoms with E-state index in [1.807, 2.05) is 24.3 Å². The molecule has 1 aromatic rings. The molecule has 2 fully saturated rings. The molecule has 1 saturated heterocycles. The van der Waals surface area contributed by atoms with Crippen molar-refractivity contribution in [2.45, 2.75) is 58.6 Å². The Bertz CT molecular complexity index is 728. The second-order valence-electron chi connectivity index (χ2n) is 9.02. The summed E-state index contributed by atoms with van der Waals surface area (Å²) >= 11 is 5.94. The van der Waals surface area contributed by atoms with Crippen molar-refractivity contribution < 1.29 is 9.63 Å². The zero-order valence-electron chi connectivity index (χ0n) is 15.1. The largest absolute Gasteiger partial charge is 0.382 e. The van der Waals surface area contributed by atoms with E-state index in [4.69, 9.17) is 16.4 Å². The quantitative estimate of drug-likeness (QED) is 0.790. The Labute approximate surface area is 154 Å². The molecule has 0 unspecified atom stereocenters. The van der Waals surface area contributed by atoms with E-state index in [0.717, 1.165) is 30.7 Å². The summed E-state index contributed by atoms with van der Waals surface area (Å²) < 4.78 is 0. The first-order valence-electron chi connectivity index (χ1n) is 9.04. The average molecular weight is 361 g/mol. The van der Waals surface area contributed by atoms with Gasteiger partial charge in [0.1, 0.15) is 0 Å². The first-order chi connectivity index (χ1) is 11.7. The van der Waals surface area contributed by atoms with E-state index in [9.17, 15) is 4.79 Å².